The predicted octanol–water partition coefficient (Wildman–Crippen LogP) is 6.04. The zero-order valence-electron chi connectivity index (χ0n) is 15.1. The fourth-order valence-corrected chi connectivity index (χ4v) is 5.73. The second-order valence-corrected chi connectivity index (χ2v) is 13.3. The zero-order valence-corrected chi connectivity index (χ0v) is 17.6. The number of hydrogen-bond donors (Lipinski definition) is 2. The Labute approximate surface area is 165 Å². The highest BCUT2D eigenvalue weighted by Gasteiger charge is 2.26. The number of anilines is 2. The Hall–Kier alpha value is -1.94. The van der Waals surface area contributed by atoms with Gasteiger partial charge >= 0.3 is 0 Å². The average molecular weight is 401 g/mol. The van der Waals surface area contributed by atoms with Crippen LogP contribution in [0.3, 0.4) is 0 Å². The maximum atomic E-state index is 6.29. The van der Waals surface area contributed by atoms with Crippen molar-refractivity contribution in [3.05, 3.63) is 64.6 Å². The highest BCUT2D eigenvalue weighted by Crippen LogP contribution is 2.35. The number of benzene rings is 3. The van der Waals surface area contributed by atoms with E-state index in [-0.39, 0.29) is 0 Å². The second kappa shape index (κ2) is 6.99. The zero-order chi connectivity index (χ0) is 19.1. The van der Waals surface area contributed by atoms with Gasteiger partial charge in [0.05, 0.1) is 8.07 Å². The van der Waals surface area contributed by atoms with Crippen molar-refractivity contribution in [2.45, 2.75) is 19.6 Å². The van der Waals surface area contributed by atoms with Crippen LogP contribution in [0.5, 0.6) is 0 Å². The molecule has 3 rings (SSSR count). The Bertz CT molecular complexity index is 908. The van der Waals surface area contributed by atoms with Crippen molar-refractivity contribution in [1.82, 2.24) is 0 Å². The maximum Gasteiger partial charge on any atom is 0.0792 e. The van der Waals surface area contributed by atoms with Crippen molar-refractivity contribution in [2.24, 2.45) is 0 Å². The maximum absolute atomic E-state index is 6.29. The molecule has 0 fully saturated rings. The van der Waals surface area contributed by atoms with Crippen LogP contribution in [0.1, 0.15) is 0 Å². The summed E-state index contributed by atoms with van der Waals surface area (Å²) in [6.07, 6.45) is 0. The fraction of sp³-hybridized carbons (Fsp3) is 0.143. The highest BCUT2D eigenvalue weighted by molar-refractivity contribution is 6.90. The highest BCUT2D eigenvalue weighted by atomic mass is 35.5. The molecular formula is C21H22Cl2N2Si. The summed E-state index contributed by atoms with van der Waals surface area (Å²) in [5.41, 5.74) is 18.1. The second-order valence-electron chi connectivity index (χ2n) is 7.44. The van der Waals surface area contributed by atoms with Gasteiger partial charge in [-0.2, -0.15) is 0 Å². The van der Waals surface area contributed by atoms with Crippen LogP contribution in [0.2, 0.25) is 29.7 Å². The van der Waals surface area contributed by atoms with E-state index in [2.05, 4.69) is 31.8 Å². The van der Waals surface area contributed by atoms with Gasteiger partial charge in [-0.25, -0.2) is 0 Å². The van der Waals surface area contributed by atoms with Crippen molar-refractivity contribution in [3.8, 4) is 22.3 Å². The lowest BCUT2D eigenvalue weighted by molar-refractivity contribution is 1.58. The molecule has 0 saturated carbocycles. The minimum atomic E-state index is -1.77. The molecule has 0 spiro atoms. The van der Waals surface area contributed by atoms with Gasteiger partial charge in [-0.05, 0) is 52.7 Å². The summed E-state index contributed by atoms with van der Waals surface area (Å²) in [6, 6.07) is 17.5. The SMILES string of the molecule is C[Si](C)(C)c1c(-c2cc(Cl)ccc2N)cccc1-c1cc(Cl)ccc1N. The van der Waals surface area contributed by atoms with Crippen LogP contribution in [-0.2, 0) is 0 Å². The van der Waals surface area contributed by atoms with Crippen molar-refractivity contribution in [2.75, 3.05) is 11.5 Å². The van der Waals surface area contributed by atoms with E-state index in [0.29, 0.717) is 21.4 Å². The standard InChI is InChI=1S/C21H22Cl2N2Si/c1-26(2,3)21-15(17-11-13(22)7-9-19(17)24)5-4-6-16(21)18-12-14(23)8-10-20(18)25/h4-12H,24-25H2,1-3H3. The van der Waals surface area contributed by atoms with E-state index in [0.717, 1.165) is 22.3 Å². The van der Waals surface area contributed by atoms with Crippen LogP contribution in [0.25, 0.3) is 22.3 Å². The van der Waals surface area contributed by atoms with Gasteiger partial charge < -0.3 is 11.5 Å². The van der Waals surface area contributed by atoms with Gasteiger partial charge in [0.15, 0.2) is 0 Å². The largest absolute Gasteiger partial charge is 0.398 e. The molecule has 0 amide bonds. The molecule has 0 aliphatic heterocycles. The molecule has 0 unspecified atom stereocenters. The van der Waals surface area contributed by atoms with E-state index in [9.17, 15) is 0 Å². The van der Waals surface area contributed by atoms with E-state index in [1.165, 1.54) is 5.19 Å². The molecular weight excluding hydrogens is 379 g/mol. The third-order valence-electron chi connectivity index (χ3n) is 4.43. The molecule has 5 heteroatoms. The first-order valence-corrected chi connectivity index (χ1v) is 12.7. The monoisotopic (exact) mass is 400 g/mol. The Kier molecular flexibility index (Phi) is 5.06. The molecule has 0 aliphatic rings. The summed E-state index contributed by atoms with van der Waals surface area (Å²) >= 11 is 12.5. The third kappa shape index (κ3) is 3.61. The molecule has 4 N–H and O–H groups in total. The first kappa shape index (κ1) is 18.8. The molecule has 26 heavy (non-hydrogen) atoms. The Morgan fingerprint density at radius 2 is 1.08 bits per heavy atom. The van der Waals surface area contributed by atoms with Gasteiger partial charge in [-0.3, -0.25) is 0 Å². The summed E-state index contributed by atoms with van der Waals surface area (Å²) in [5, 5.41) is 2.63. The molecule has 0 atom stereocenters. The summed E-state index contributed by atoms with van der Waals surface area (Å²) in [4.78, 5) is 0. The van der Waals surface area contributed by atoms with Gasteiger partial charge in [0, 0.05) is 32.5 Å². The summed E-state index contributed by atoms with van der Waals surface area (Å²) in [6.45, 7) is 6.95. The van der Waals surface area contributed by atoms with Crippen molar-refractivity contribution in [3.63, 3.8) is 0 Å². The van der Waals surface area contributed by atoms with Crippen LogP contribution in [0, 0.1) is 0 Å². The van der Waals surface area contributed by atoms with Gasteiger partial charge in [0.2, 0.25) is 0 Å². The molecule has 3 aromatic rings. The Balaban J connectivity index is 2.38. The average Bonchev–Trinajstić information content (AvgIpc) is 2.57. The summed E-state index contributed by atoms with van der Waals surface area (Å²) in [7, 11) is -1.77. The van der Waals surface area contributed by atoms with Crippen molar-refractivity contribution >= 4 is 47.8 Å². The molecule has 0 aliphatic carbocycles. The van der Waals surface area contributed by atoms with Crippen LogP contribution >= 0.6 is 23.2 Å². The van der Waals surface area contributed by atoms with E-state index < -0.39 is 8.07 Å². The molecule has 3 aromatic carbocycles. The minimum Gasteiger partial charge on any atom is -0.398 e. The smallest absolute Gasteiger partial charge is 0.0792 e. The van der Waals surface area contributed by atoms with Gasteiger partial charge in [0.25, 0.3) is 0 Å². The van der Waals surface area contributed by atoms with E-state index in [1.54, 1.807) is 0 Å². The van der Waals surface area contributed by atoms with E-state index in [1.807, 2.05) is 42.5 Å². The molecule has 0 radical (unpaired) electrons. The number of nitrogens with two attached hydrogens (primary N) is 2. The van der Waals surface area contributed by atoms with E-state index in [4.69, 9.17) is 34.7 Å². The molecule has 0 aromatic heterocycles. The van der Waals surface area contributed by atoms with Crippen molar-refractivity contribution < 1.29 is 0 Å². The molecule has 0 heterocycles. The van der Waals surface area contributed by atoms with Crippen LogP contribution in [0.4, 0.5) is 11.4 Å². The molecule has 0 saturated heterocycles. The van der Waals surface area contributed by atoms with Crippen molar-refractivity contribution in [1.29, 1.82) is 0 Å². The first-order valence-electron chi connectivity index (χ1n) is 8.43. The Morgan fingerprint density at radius 1 is 0.654 bits per heavy atom. The summed E-state index contributed by atoms with van der Waals surface area (Å²) in [5.74, 6) is 0. The number of nitrogen functional groups attached to an aromatic ring is 2. The number of rotatable bonds is 3. The first-order chi connectivity index (χ1) is 12.2. The lowest BCUT2D eigenvalue weighted by Gasteiger charge is -2.26. The molecule has 2 nitrogen and oxygen atoms in total. The predicted molar refractivity (Wildman–Crippen MR) is 119 cm³/mol. The van der Waals surface area contributed by atoms with Gasteiger partial charge in [0.1, 0.15) is 0 Å². The van der Waals surface area contributed by atoms with Crippen LogP contribution in [-0.4, -0.2) is 8.07 Å². The Morgan fingerprint density at radius 3 is 1.46 bits per heavy atom. The van der Waals surface area contributed by atoms with Gasteiger partial charge in [-0.1, -0.05) is 61.0 Å². The normalized spacial score (nSPS) is 11.6. The van der Waals surface area contributed by atoms with E-state index >= 15 is 0 Å². The molecule has 134 valence electrons. The fourth-order valence-electron chi connectivity index (χ4n) is 3.33. The lowest BCUT2D eigenvalue weighted by atomic mass is 9.97. The lowest BCUT2D eigenvalue weighted by Crippen LogP contribution is -2.40. The minimum absolute atomic E-state index is 0.670. The third-order valence-corrected chi connectivity index (χ3v) is 6.93. The number of hydrogen-bond acceptors (Lipinski definition) is 2. The van der Waals surface area contributed by atoms with Crippen LogP contribution in [0.15, 0.2) is 54.6 Å². The quantitative estimate of drug-likeness (QED) is 0.415. The summed E-state index contributed by atoms with van der Waals surface area (Å²) < 4.78 is 0. The molecule has 0 bridgehead atoms. The topological polar surface area (TPSA) is 52.0 Å². The van der Waals surface area contributed by atoms with Crippen LogP contribution < -0.4 is 16.7 Å². The number of halogens is 2. The van der Waals surface area contributed by atoms with Gasteiger partial charge in [-0.15, -0.1) is 0 Å².